The zero-order valence-electron chi connectivity index (χ0n) is 8.47. The van der Waals surface area contributed by atoms with E-state index in [1.165, 1.54) is 13.1 Å². The highest BCUT2D eigenvalue weighted by Gasteiger charge is 2.38. The topological polar surface area (TPSA) is 54.5 Å². The van der Waals surface area contributed by atoms with Crippen molar-refractivity contribution in [3.8, 4) is 0 Å². The Morgan fingerprint density at radius 3 is 2.53 bits per heavy atom. The first-order valence-corrected chi connectivity index (χ1v) is 6.01. The maximum Gasteiger partial charge on any atom is 0.244 e. The molecule has 15 heavy (non-hydrogen) atoms. The number of ketones is 1. The highest BCUT2D eigenvalue weighted by atomic mass is 32.2. The third-order valence-corrected chi connectivity index (χ3v) is 4.72. The molecule has 0 bridgehead atoms. The van der Waals surface area contributed by atoms with Crippen molar-refractivity contribution in [2.24, 2.45) is 0 Å². The summed E-state index contributed by atoms with van der Waals surface area (Å²) in [6.07, 6.45) is 0. The van der Waals surface area contributed by atoms with E-state index in [1.54, 1.807) is 25.1 Å². The van der Waals surface area contributed by atoms with Gasteiger partial charge in [-0.05, 0) is 19.1 Å². The Kier molecular flexibility index (Phi) is 2.17. The van der Waals surface area contributed by atoms with Crippen LogP contribution < -0.4 is 0 Å². The lowest BCUT2D eigenvalue weighted by Crippen LogP contribution is -2.45. The van der Waals surface area contributed by atoms with Crippen molar-refractivity contribution in [2.45, 2.75) is 17.9 Å². The summed E-state index contributed by atoms with van der Waals surface area (Å²) in [6.45, 7) is 1.59. The number of sulfonamides is 1. The molecule has 1 aromatic carbocycles. The molecule has 5 heteroatoms. The van der Waals surface area contributed by atoms with Gasteiger partial charge in [-0.3, -0.25) is 4.79 Å². The minimum Gasteiger partial charge on any atom is -0.292 e. The van der Waals surface area contributed by atoms with Gasteiger partial charge in [0.05, 0.1) is 10.9 Å². The van der Waals surface area contributed by atoms with Crippen molar-refractivity contribution >= 4 is 15.8 Å². The molecule has 80 valence electrons. The van der Waals surface area contributed by atoms with Crippen LogP contribution in [-0.4, -0.2) is 31.6 Å². The monoisotopic (exact) mass is 225 g/mol. The van der Waals surface area contributed by atoms with E-state index in [4.69, 9.17) is 0 Å². The lowest BCUT2D eigenvalue weighted by Gasteiger charge is -2.29. The number of benzene rings is 1. The van der Waals surface area contributed by atoms with Gasteiger partial charge in [0.1, 0.15) is 0 Å². The molecule has 0 aliphatic carbocycles. The van der Waals surface area contributed by atoms with Crippen LogP contribution in [0.3, 0.4) is 0 Å². The van der Waals surface area contributed by atoms with Gasteiger partial charge in [-0.15, -0.1) is 0 Å². The van der Waals surface area contributed by atoms with Gasteiger partial charge < -0.3 is 0 Å². The predicted octanol–water partition coefficient (Wildman–Crippen LogP) is 0.892. The van der Waals surface area contributed by atoms with Gasteiger partial charge in [0.2, 0.25) is 10.0 Å². The summed E-state index contributed by atoms with van der Waals surface area (Å²) in [7, 11) is -2.07. The first-order chi connectivity index (χ1) is 6.96. The standard InChI is InChI=1S/C10H11NO3S/c1-7-10(12)8-5-3-4-6-9(8)15(13,14)11(7)2/h3-7H,1-2H3. The average Bonchev–Trinajstić information content (AvgIpc) is 2.24. The van der Waals surface area contributed by atoms with Gasteiger partial charge in [-0.1, -0.05) is 12.1 Å². The van der Waals surface area contributed by atoms with Gasteiger partial charge in [-0.2, -0.15) is 4.31 Å². The molecule has 1 atom stereocenters. The average molecular weight is 225 g/mol. The number of Topliss-reactive ketones (excluding diaryl/α,β-unsaturated/α-hetero) is 1. The second kappa shape index (κ2) is 3.15. The van der Waals surface area contributed by atoms with Crippen LogP contribution in [0.2, 0.25) is 0 Å². The number of carbonyl (C=O) groups excluding carboxylic acids is 1. The number of carbonyl (C=O) groups is 1. The summed E-state index contributed by atoms with van der Waals surface area (Å²) in [5.41, 5.74) is 0.295. The van der Waals surface area contributed by atoms with Crippen LogP contribution >= 0.6 is 0 Å². The van der Waals surface area contributed by atoms with E-state index in [9.17, 15) is 13.2 Å². The van der Waals surface area contributed by atoms with Crippen LogP contribution in [0.5, 0.6) is 0 Å². The highest BCUT2D eigenvalue weighted by molar-refractivity contribution is 7.89. The largest absolute Gasteiger partial charge is 0.292 e. The fourth-order valence-electron chi connectivity index (χ4n) is 1.65. The minimum atomic E-state index is -3.49. The molecule has 0 spiro atoms. The van der Waals surface area contributed by atoms with Crippen LogP contribution in [-0.2, 0) is 10.0 Å². The lowest BCUT2D eigenvalue weighted by atomic mass is 10.1. The fourth-order valence-corrected chi connectivity index (χ4v) is 3.17. The highest BCUT2D eigenvalue weighted by Crippen LogP contribution is 2.28. The van der Waals surface area contributed by atoms with E-state index in [0.717, 1.165) is 4.31 Å². The van der Waals surface area contributed by atoms with Crippen molar-refractivity contribution in [3.63, 3.8) is 0 Å². The van der Waals surface area contributed by atoms with Gasteiger partial charge >= 0.3 is 0 Å². The fraction of sp³-hybridized carbons (Fsp3) is 0.300. The Hall–Kier alpha value is -1.20. The van der Waals surface area contributed by atoms with E-state index in [-0.39, 0.29) is 10.7 Å². The summed E-state index contributed by atoms with van der Waals surface area (Å²) in [6, 6.07) is 5.69. The maximum atomic E-state index is 11.9. The Bertz CT molecular complexity index is 521. The molecule has 0 saturated heterocycles. The zero-order chi connectivity index (χ0) is 11.2. The molecule has 1 unspecified atom stereocenters. The summed E-state index contributed by atoms with van der Waals surface area (Å²) >= 11 is 0. The zero-order valence-corrected chi connectivity index (χ0v) is 9.28. The van der Waals surface area contributed by atoms with Crippen LogP contribution in [0.1, 0.15) is 17.3 Å². The first-order valence-electron chi connectivity index (χ1n) is 4.57. The Balaban J connectivity index is 2.78. The Labute approximate surface area is 88.6 Å². The van der Waals surface area contributed by atoms with Crippen molar-refractivity contribution in [2.75, 3.05) is 7.05 Å². The van der Waals surface area contributed by atoms with Gasteiger partial charge in [0.25, 0.3) is 0 Å². The molecular formula is C10H11NO3S. The first kappa shape index (κ1) is 10.3. The van der Waals surface area contributed by atoms with Gasteiger partial charge in [0, 0.05) is 12.6 Å². The number of rotatable bonds is 0. The number of nitrogens with zero attached hydrogens (tertiary/aromatic N) is 1. The molecule has 0 saturated carbocycles. The molecular weight excluding hydrogens is 214 g/mol. The van der Waals surface area contributed by atoms with Crippen molar-refractivity contribution in [3.05, 3.63) is 29.8 Å². The van der Waals surface area contributed by atoms with E-state index < -0.39 is 16.1 Å². The third-order valence-electron chi connectivity index (χ3n) is 2.73. The van der Waals surface area contributed by atoms with Crippen molar-refractivity contribution < 1.29 is 13.2 Å². The predicted molar refractivity (Wildman–Crippen MR) is 55.2 cm³/mol. The number of hydrogen-bond donors (Lipinski definition) is 0. The van der Waals surface area contributed by atoms with Crippen LogP contribution in [0.25, 0.3) is 0 Å². The third kappa shape index (κ3) is 1.31. The van der Waals surface area contributed by atoms with E-state index >= 15 is 0 Å². The molecule has 0 fully saturated rings. The van der Waals surface area contributed by atoms with E-state index in [0.29, 0.717) is 5.56 Å². The molecule has 0 radical (unpaired) electrons. The van der Waals surface area contributed by atoms with Crippen molar-refractivity contribution in [1.29, 1.82) is 0 Å². The van der Waals surface area contributed by atoms with E-state index in [2.05, 4.69) is 0 Å². The maximum absolute atomic E-state index is 11.9. The summed E-state index contributed by atoms with van der Waals surface area (Å²) < 4.78 is 25.0. The molecule has 0 N–H and O–H groups in total. The molecule has 0 amide bonds. The summed E-state index contributed by atoms with van der Waals surface area (Å²) in [4.78, 5) is 11.9. The molecule has 2 rings (SSSR count). The normalized spacial score (nSPS) is 24.9. The molecule has 4 nitrogen and oxygen atoms in total. The van der Waals surface area contributed by atoms with E-state index in [1.807, 2.05) is 0 Å². The van der Waals surface area contributed by atoms with Crippen LogP contribution in [0.4, 0.5) is 0 Å². The summed E-state index contributed by atoms with van der Waals surface area (Å²) in [5, 5.41) is 0. The second-order valence-corrected chi connectivity index (χ2v) is 5.52. The Morgan fingerprint density at radius 1 is 1.27 bits per heavy atom. The summed E-state index contributed by atoms with van der Waals surface area (Å²) in [5.74, 6) is -0.150. The quantitative estimate of drug-likeness (QED) is 0.659. The van der Waals surface area contributed by atoms with Crippen molar-refractivity contribution in [1.82, 2.24) is 4.31 Å². The van der Waals surface area contributed by atoms with Crippen LogP contribution in [0.15, 0.2) is 29.2 Å². The van der Waals surface area contributed by atoms with Crippen LogP contribution in [0, 0.1) is 0 Å². The number of hydrogen-bond acceptors (Lipinski definition) is 3. The number of likely N-dealkylation sites (N-methyl/N-ethyl adjacent to an activating group) is 1. The molecule has 1 aliphatic heterocycles. The Morgan fingerprint density at radius 2 is 1.87 bits per heavy atom. The lowest BCUT2D eigenvalue weighted by molar-refractivity contribution is 0.0907. The molecule has 1 heterocycles. The smallest absolute Gasteiger partial charge is 0.244 e. The SMILES string of the molecule is CC1C(=O)c2ccccc2S(=O)(=O)N1C. The van der Waals surface area contributed by atoms with Gasteiger partial charge in [0.15, 0.2) is 5.78 Å². The second-order valence-electron chi connectivity index (χ2n) is 3.56. The number of fused-ring (bicyclic) bond motifs is 1. The molecule has 0 aromatic heterocycles. The molecule has 1 aromatic rings. The van der Waals surface area contributed by atoms with Gasteiger partial charge in [-0.25, -0.2) is 8.42 Å². The molecule has 1 aliphatic rings. The minimum absolute atomic E-state index is 0.107.